The van der Waals surface area contributed by atoms with Crippen LogP contribution in [0.3, 0.4) is 0 Å². The number of carbonyl (C=O) groups is 1. The molecule has 0 aliphatic rings. The first kappa shape index (κ1) is 13.2. The van der Waals surface area contributed by atoms with Crippen LogP contribution in [0.4, 0.5) is 15.9 Å². The van der Waals surface area contributed by atoms with Crippen molar-refractivity contribution in [2.45, 2.75) is 0 Å². The highest BCUT2D eigenvalue weighted by Crippen LogP contribution is 2.19. The van der Waals surface area contributed by atoms with Gasteiger partial charge in [0.25, 0.3) is 5.91 Å². The number of nitrogens with one attached hydrogen (secondary N) is 2. The van der Waals surface area contributed by atoms with Crippen LogP contribution in [0.25, 0.3) is 0 Å². The Hall–Kier alpha value is -2.21. The van der Waals surface area contributed by atoms with E-state index >= 15 is 0 Å². The maximum atomic E-state index is 13.0. The molecule has 0 bridgehead atoms. The average molecular weight is 281 g/mol. The number of hydrogen-bond donors (Lipinski definition) is 2. The van der Waals surface area contributed by atoms with Crippen molar-refractivity contribution in [3.63, 3.8) is 0 Å². The van der Waals surface area contributed by atoms with Gasteiger partial charge in [0.15, 0.2) is 5.69 Å². The Labute approximate surface area is 113 Å². The molecule has 5 nitrogen and oxygen atoms in total. The van der Waals surface area contributed by atoms with Crippen LogP contribution in [-0.2, 0) is 0 Å². The summed E-state index contributed by atoms with van der Waals surface area (Å²) in [5, 5.41) is 12.8. The summed E-state index contributed by atoms with van der Waals surface area (Å²) in [7, 11) is 1.70. The zero-order valence-electron chi connectivity index (χ0n) is 9.95. The predicted octanol–water partition coefficient (Wildman–Crippen LogP) is 2.56. The van der Waals surface area contributed by atoms with Gasteiger partial charge in [-0.1, -0.05) is 11.6 Å². The molecule has 0 fully saturated rings. The van der Waals surface area contributed by atoms with Gasteiger partial charge in [-0.05, 0) is 30.3 Å². The first-order valence-corrected chi connectivity index (χ1v) is 5.76. The summed E-state index contributed by atoms with van der Waals surface area (Å²) in [5.41, 5.74) is 0.537. The van der Waals surface area contributed by atoms with E-state index < -0.39 is 11.7 Å². The van der Waals surface area contributed by atoms with E-state index in [1.54, 1.807) is 13.1 Å². The Balaban J connectivity index is 2.13. The average Bonchev–Trinajstić information content (AvgIpc) is 2.43. The summed E-state index contributed by atoms with van der Waals surface area (Å²) < 4.78 is 13.0. The van der Waals surface area contributed by atoms with Crippen molar-refractivity contribution in [3.05, 3.63) is 46.9 Å². The lowest BCUT2D eigenvalue weighted by Crippen LogP contribution is -2.14. The number of aromatic nitrogens is 2. The molecule has 0 unspecified atom stereocenters. The molecular weight excluding hydrogens is 271 g/mol. The highest BCUT2D eigenvalue weighted by atomic mass is 35.5. The lowest BCUT2D eigenvalue weighted by Gasteiger charge is -2.05. The Morgan fingerprint density at radius 2 is 2.05 bits per heavy atom. The smallest absolute Gasteiger partial charge is 0.276 e. The van der Waals surface area contributed by atoms with E-state index in [0.717, 1.165) is 0 Å². The van der Waals surface area contributed by atoms with Crippen LogP contribution in [0.1, 0.15) is 10.5 Å². The second-order valence-corrected chi connectivity index (χ2v) is 4.04. The zero-order valence-corrected chi connectivity index (χ0v) is 10.7. The van der Waals surface area contributed by atoms with Crippen molar-refractivity contribution in [2.24, 2.45) is 0 Å². The summed E-state index contributed by atoms with van der Waals surface area (Å²) in [5.74, 6) is -0.433. The minimum atomic E-state index is -0.544. The first-order chi connectivity index (χ1) is 9.10. The molecular formula is C12H10ClFN4O. The third kappa shape index (κ3) is 3.17. The van der Waals surface area contributed by atoms with Crippen LogP contribution in [-0.4, -0.2) is 23.2 Å². The van der Waals surface area contributed by atoms with Gasteiger partial charge < -0.3 is 10.6 Å². The van der Waals surface area contributed by atoms with Gasteiger partial charge in [-0.2, -0.15) is 0 Å². The fourth-order valence-corrected chi connectivity index (χ4v) is 1.54. The zero-order chi connectivity index (χ0) is 13.8. The van der Waals surface area contributed by atoms with Crippen LogP contribution >= 0.6 is 11.6 Å². The predicted molar refractivity (Wildman–Crippen MR) is 70.9 cm³/mol. The highest BCUT2D eigenvalue weighted by Gasteiger charge is 2.09. The van der Waals surface area contributed by atoms with Gasteiger partial charge in [-0.25, -0.2) is 4.39 Å². The Bertz CT molecular complexity index is 603. The van der Waals surface area contributed by atoms with Crippen molar-refractivity contribution in [1.82, 2.24) is 10.2 Å². The number of hydrogen-bond acceptors (Lipinski definition) is 4. The molecule has 7 heteroatoms. The standard InChI is InChI=1S/C12H10ClFN4O/c1-15-11-5-4-10(17-18-11)12(19)16-7-2-3-9(14)8(13)6-7/h2-6H,1H3,(H,15,18)(H,16,19). The second kappa shape index (κ2) is 5.62. The molecule has 2 aromatic rings. The van der Waals surface area contributed by atoms with Gasteiger partial charge in [0, 0.05) is 12.7 Å². The largest absolute Gasteiger partial charge is 0.372 e. The van der Waals surface area contributed by atoms with Crippen LogP contribution in [0.15, 0.2) is 30.3 Å². The van der Waals surface area contributed by atoms with E-state index in [9.17, 15) is 9.18 Å². The monoisotopic (exact) mass is 280 g/mol. The van der Waals surface area contributed by atoms with Crippen LogP contribution in [0.2, 0.25) is 5.02 Å². The maximum Gasteiger partial charge on any atom is 0.276 e. The molecule has 1 aromatic carbocycles. The molecule has 0 saturated heterocycles. The van der Waals surface area contributed by atoms with Crippen LogP contribution in [0.5, 0.6) is 0 Å². The quantitative estimate of drug-likeness (QED) is 0.907. The fraction of sp³-hybridized carbons (Fsp3) is 0.0833. The van der Waals surface area contributed by atoms with Gasteiger partial charge in [0.05, 0.1) is 5.02 Å². The van der Waals surface area contributed by atoms with E-state index in [2.05, 4.69) is 20.8 Å². The second-order valence-electron chi connectivity index (χ2n) is 3.64. The van der Waals surface area contributed by atoms with Crippen molar-refractivity contribution in [3.8, 4) is 0 Å². The van der Waals surface area contributed by atoms with E-state index in [1.165, 1.54) is 24.3 Å². The van der Waals surface area contributed by atoms with Crippen molar-refractivity contribution in [2.75, 3.05) is 17.7 Å². The molecule has 98 valence electrons. The van der Waals surface area contributed by atoms with Crippen LogP contribution in [0, 0.1) is 5.82 Å². The number of benzene rings is 1. The van der Waals surface area contributed by atoms with Gasteiger partial charge >= 0.3 is 0 Å². The number of carbonyl (C=O) groups excluding carboxylic acids is 1. The highest BCUT2D eigenvalue weighted by molar-refractivity contribution is 6.31. The maximum absolute atomic E-state index is 13.0. The molecule has 2 rings (SSSR count). The number of rotatable bonds is 3. The minimum Gasteiger partial charge on any atom is -0.372 e. The van der Waals surface area contributed by atoms with E-state index in [4.69, 9.17) is 11.6 Å². The van der Waals surface area contributed by atoms with E-state index in [-0.39, 0.29) is 10.7 Å². The van der Waals surface area contributed by atoms with E-state index in [0.29, 0.717) is 11.5 Å². The molecule has 0 atom stereocenters. The Kier molecular flexibility index (Phi) is 3.91. The first-order valence-electron chi connectivity index (χ1n) is 5.38. The fourth-order valence-electron chi connectivity index (χ4n) is 1.36. The van der Waals surface area contributed by atoms with Crippen molar-refractivity contribution < 1.29 is 9.18 Å². The summed E-state index contributed by atoms with van der Waals surface area (Å²) >= 11 is 5.62. The molecule has 0 radical (unpaired) electrons. The third-order valence-corrected chi connectivity index (χ3v) is 2.62. The number of halogens is 2. The molecule has 0 aliphatic carbocycles. The molecule has 0 aliphatic heterocycles. The molecule has 1 aromatic heterocycles. The molecule has 1 amide bonds. The van der Waals surface area contributed by atoms with Gasteiger partial charge in [0.1, 0.15) is 11.6 Å². The lowest BCUT2D eigenvalue weighted by molar-refractivity contribution is 0.102. The normalized spacial score (nSPS) is 10.1. The summed E-state index contributed by atoms with van der Waals surface area (Å²) in [6.07, 6.45) is 0. The van der Waals surface area contributed by atoms with Crippen LogP contribution < -0.4 is 10.6 Å². The minimum absolute atomic E-state index is 0.0607. The number of amides is 1. The van der Waals surface area contributed by atoms with E-state index in [1.807, 2.05) is 0 Å². The Morgan fingerprint density at radius 3 is 2.63 bits per heavy atom. The molecule has 19 heavy (non-hydrogen) atoms. The third-order valence-electron chi connectivity index (χ3n) is 2.33. The van der Waals surface area contributed by atoms with Crippen molar-refractivity contribution >= 4 is 29.0 Å². The van der Waals surface area contributed by atoms with Crippen molar-refractivity contribution in [1.29, 1.82) is 0 Å². The molecule has 0 spiro atoms. The number of nitrogens with zero attached hydrogens (tertiary/aromatic N) is 2. The topological polar surface area (TPSA) is 66.9 Å². The Morgan fingerprint density at radius 1 is 1.26 bits per heavy atom. The summed E-state index contributed by atoms with van der Waals surface area (Å²) in [4.78, 5) is 11.8. The summed E-state index contributed by atoms with van der Waals surface area (Å²) in [6.45, 7) is 0. The molecule has 0 saturated carbocycles. The van der Waals surface area contributed by atoms with Gasteiger partial charge in [-0.3, -0.25) is 4.79 Å². The molecule has 2 N–H and O–H groups in total. The van der Waals surface area contributed by atoms with Gasteiger partial charge in [0.2, 0.25) is 0 Å². The molecule has 1 heterocycles. The van der Waals surface area contributed by atoms with Gasteiger partial charge in [-0.15, -0.1) is 10.2 Å². The lowest BCUT2D eigenvalue weighted by atomic mass is 10.3. The SMILES string of the molecule is CNc1ccc(C(=O)Nc2ccc(F)c(Cl)c2)nn1. The summed E-state index contributed by atoms with van der Waals surface area (Å²) in [6, 6.07) is 7.06. The number of anilines is 2.